The van der Waals surface area contributed by atoms with Gasteiger partial charge in [0.05, 0.1) is 0 Å². The van der Waals surface area contributed by atoms with E-state index in [9.17, 15) is 19.2 Å². The number of carboxylic acid groups (broad SMARTS) is 4. The number of carbonyl (C=O) groups is 4. The van der Waals surface area contributed by atoms with Crippen molar-refractivity contribution in [3.63, 3.8) is 0 Å². The Bertz CT molecular complexity index is 635. The Kier molecular flexibility index (Phi) is 6.65. The molecule has 1 rings (SSSR count). The van der Waals surface area contributed by atoms with Crippen molar-refractivity contribution in [1.82, 2.24) is 5.32 Å². The molecular weight excluding hydrogens is 324 g/mol. The van der Waals surface area contributed by atoms with E-state index in [0.717, 1.165) is 6.21 Å². The van der Waals surface area contributed by atoms with Crippen molar-refractivity contribution >= 4 is 30.1 Å². The van der Waals surface area contributed by atoms with Crippen molar-refractivity contribution in [2.45, 2.75) is 31.3 Å². The molecule has 130 valence electrons. The molecule has 0 saturated carbocycles. The van der Waals surface area contributed by atoms with Crippen molar-refractivity contribution < 1.29 is 39.6 Å². The number of carboxylic acids is 4. The van der Waals surface area contributed by atoms with Crippen LogP contribution in [-0.4, -0.2) is 62.6 Å². The molecule has 0 bridgehead atoms. The maximum Gasteiger partial charge on any atom is 0.351 e. The summed E-state index contributed by atoms with van der Waals surface area (Å²) in [7, 11) is 0. The molecule has 10 nitrogen and oxygen atoms in total. The fourth-order valence-electron chi connectivity index (χ4n) is 1.91. The average Bonchev–Trinajstić information content (AvgIpc) is 2.49. The molecule has 5 N–H and O–H groups in total. The van der Waals surface area contributed by atoms with E-state index >= 15 is 0 Å². The largest absolute Gasteiger partial charge is 0.481 e. The van der Waals surface area contributed by atoms with E-state index in [1.54, 1.807) is 0 Å². The molecule has 10 heteroatoms. The maximum atomic E-state index is 11.0. The van der Waals surface area contributed by atoms with Crippen molar-refractivity contribution in [1.29, 1.82) is 0 Å². The van der Waals surface area contributed by atoms with Crippen LogP contribution in [0.3, 0.4) is 0 Å². The van der Waals surface area contributed by atoms with Crippen molar-refractivity contribution in [2.75, 3.05) is 0 Å². The lowest BCUT2D eigenvalue weighted by Crippen LogP contribution is -2.41. The van der Waals surface area contributed by atoms with Crippen molar-refractivity contribution in [2.24, 2.45) is 4.99 Å². The molecular formula is C14H16N2O8. The third kappa shape index (κ3) is 5.91. The maximum absolute atomic E-state index is 11.0. The first-order valence-electron chi connectivity index (χ1n) is 6.82. The summed E-state index contributed by atoms with van der Waals surface area (Å²) < 4.78 is 0. The highest BCUT2D eigenvalue weighted by Crippen LogP contribution is 2.16. The molecule has 1 aliphatic heterocycles. The molecule has 0 radical (unpaired) electrons. The zero-order valence-corrected chi connectivity index (χ0v) is 12.4. The van der Waals surface area contributed by atoms with Crippen LogP contribution in [0.25, 0.3) is 0 Å². The lowest BCUT2D eigenvalue weighted by atomic mass is 10.00. The van der Waals surface area contributed by atoms with Gasteiger partial charge in [-0.15, -0.1) is 0 Å². The summed E-state index contributed by atoms with van der Waals surface area (Å²) in [5.41, 5.74) is 0.0404. The van der Waals surface area contributed by atoms with Crippen LogP contribution >= 0.6 is 0 Å². The predicted octanol–water partition coefficient (Wildman–Crippen LogP) is -0.283. The Morgan fingerprint density at radius 1 is 1.25 bits per heavy atom. The zero-order valence-electron chi connectivity index (χ0n) is 12.4. The van der Waals surface area contributed by atoms with Crippen LogP contribution in [0.15, 0.2) is 28.4 Å². The minimum atomic E-state index is -1.33. The van der Waals surface area contributed by atoms with Crippen LogP contribution in [0.4, 0.5) is 0 Å². The summed E-state index contributed by atoms with van der Waals surface area (Å²) in [4.78, 5) is 47.1. The first-order valence-corrected chi connectivity index (χ1v) is 6.82. The van der Waals surface area contributed by atoms with E-state index in [1.165, 1.54) is 12.2 Å². The number of hydrogen-bond donors (Lipinski definition) is 5. The van der Waals surface area contributed by atoms with Crippen molar-refractivity contribution in [3.05, 3.63) is 23.4 Å². The van der Waals surface area contributed by atoms with Gasteiger partial charge in [0, 0.05) is 19.1 Å². The first-order chi connectivity index (χ1) is 11.2. The molecule has 0 fully saturated rings. The van der Waals surface area contributed by atoms with Crippen LogP contribution in [0.2, 0.25) is 0 Å². The molecule has 0 saturated heterocycles. The summed E-state index contributed by atoms with van der Waals surface area (Å²) in [6.07, 6.45) is 3.07. The molecule has 2 atom stereocenters. The number of hydrogen-bond acceptors (Lipinski definition) is 6. The highest BCUT2D eigenvalue weighted by atomic mass is 16.4. The summed E-state index contributed by atoms with van der Waals surface area (Å²) in [5, 5.41) is 37.8. The number of nitrogens with one attached hydrogen (secondary N) is 1. The van der Waals surface area contributed by atoms with E-state index in [1.807, 2.05) is 0 Å². The van der Waals surface area contributed by atoms with Gasteiger partial charge in [0.25, 0.3) is 0 Å². The van der Waals surface area contributed by atoms with Gasteiger partial charge in [-0.1, -0.05) is 0 Å². The van der Waals surface area contributed by atoms with Gasteiger partial charge in [0.2, 0.25) is 0 Å². The van der Waals surface area contributed by atoms with Gasteiger partial charge in [0.15, 0.2) is 0 Å². The normalized spacial score (nSPS) is 20.2. The topological polar surface area (TPSA) is 174 Å². The SMILES string of the molecule is O=C(O)CC[C@H](N=CC=C1C=C(C(=O)O)N[C@H](C(=O)O)C1)C(=O)O. The second kappa shape index (κ2) is 8.46. The Labute approximate surface area is 135 Å². The van der Waals surface area contributed by atoms with Crippen molar-refractivity contribution in [3.8, 4) is 0 Å². The summed E-state index contributed by atoms with van der Waals surface area (Å²) in [6, 6.07) is -2.37. The highest BCUT2D eigenvalue weighted by molar-refractivity contribution is 5.90. The Morgan fingerprint density at radius 2 is 1.92 bits per heavy atom. The Balaban J connectivity index is 2.90. The molecule has 1 heterocycles. The van der Waals surface area contributed by atoms with Gasteiger partial charge in [-0.05, 0) is 24.1 Å². The van der Waals surface area contributed by atoms with E-state index in [-0.39, 0.29) is 25.0 Å². The molecule has 0 aromatic heterocycles. The van der Waals surface area contributed by atoms with Gasteiger partial charge in [0.1, 0.15) is 17.8 Å². The number of nitrogens with zero attached hydrogens (tertiary/aromatic N) is 1. The van der Waals surface area contributed by atoms with Crippen LogP contribution in [0, 0.1) is 0 Å². The fourth-order valence-corrected chi connectivity index (χ4v) is 1.91. The van der Waals surface area contributed by atoms with Gasteiger partial charge in [-0.3, -0.25) is 9.79 Å². The standard InChI is InChI=1S/C14H16N2O8/c17-11(18)2-1-8(12(19)20)15-4-3-7-5-9(13(21)22)16-10(6-7)14(23)24/h3-5,8,10,16H,1-2,6H2,(H,17,18)(H,19,20)(H,21,22)(H,23,24)/t8-,10-/m0/s1. The molecule has 0 spiro atoms. The molecule has 1 aliphatic rings. The molecule has 0 unspecified atom stereocenters. The molecule has 0 aliphatic carbocycles. The van der Waals surface area contributed by atoms with E-state index in [2.05, 4.69) is 10.3 Å². The minimum absolute atomic E-state index is 0.00893. The number of aliphatic carboxylic acids is 4. The predicted molar refractivity (Wildman–Crippen MR) is 79.8 cm³/mol. The van der Waals surface area contributed by atoms with E-state index in [4.69, 9.17) is 20.4 Å². The lowest BCUT2D eigenvalue weighted by Gasteiger charge is -2.21. The van der Waals surface area contributed by atoms with Crippen LogP contribution in [0.1, 0.15) is 19.3 Å². The molecule has 0 aromatic carbocycles. The summed E-state index contributed by atoms with van der Waals surface area (Å²) in [5.74, 6) is -4.99. The lowest BCUT2D eigenvalue weighted by molar-refractivity contribution is -0.141. The third-order valence-electron chi connectivity index (χ3n) is 3.10. The molecule has 0 amide bonds. The van der Waals surface area contributed by atoms with Crippen LogP contribution < -0.4 is 5.32 Å². The number of allylic oxidation sites excluding steroid dienone is 2. The van der Waals surface area contributed by atoms with Gasteiger partial charge < -0.3 is 25.7 Å². The summed E-state index contributed by atoms with van der Waals surface area (Å²) >= 11 is 0. The Morgan fingerprint density at radius 3 is 2.42 bits per heavy atom. The monoisotopic (exact) mass is 340 g/mol. The quantitative estimate of drug-likeness (QED) is 0.372. The van der Waals surface area contributed by atoms with Gasteiger partial charge in [-0.2, -0.15) is 0 Å². The number of aliphatic imine (C=N–C) groups is 1. The van der Waals surface area contributed by atoms with Crippen LogP contribution in [-0.2, 0) is 19.2 Å². The Hall–Kier alpha value is -3.17. The third-order valence-corrected chi connectivity index (χ3v) is 3.10. The number of rotatable bonds is 8. The molecule has 24 heavy (non-hydrogen) atoms. The van der Waals surface area contributed by atoms with Gasteiger partial charge in [-0.25, -0.2) is 14.4 Å². The second-order valence-corrected chi connectivity index (χ2v) is 4.93. The van der Waals surface area contributed by atoms with Crippen LogP contribution in [0.5, 0.6) is 0 Å². The first kappa shape index (κ1) is 18.9. The minimum Gasteiger partial charge on any atom is -0.481 e. The van der Waals surface area contributed by atoms with Gasteiger partial charge >= 0.3 is 23.9 Å². The second-order valence-electron chi connectivity index (χ2n) is 4.93. The zero-order chi connectivity index (χ0) is 18.3. The van der Waals surface area contributed by atoms with E-state index in [0.29, 0.717) is 5.57 Å². The highest BCUT2D eigenvalue weighted by Gasteiger charge is 2.26. The smallest absolute Gasteiger partial charge is 0.351 e. The molecule has 0 aromatic rings. The van der Waals surface area contributed by atoms with E-state index < -0.39 is 36.0 Å². The fraction of sp³-hybridized carbons (Fsp3) is 0.357. The summed E-state index contributed by atoms with van der Waals surface area (Å²) in [6.45, 7) is 0. The average molecular weight is 340 g/mol.